The van der Waals surface area contributed by atoms with E-state index in [0.29, 0.717) is 18.6 Å². The predicted molar refractivity (Wildman–Crippen MR) is 52.3 cm³/mol. The number of fused-ring (bicyclic) bond motifs is 1. The fourth-order valence-corrected chi connectivity index (χ4v) is 2.30. The second-order valence-corrected chi connectivity index (χ2v) is 4.17. The summed E-state index contributed by atoms with van der Waals surface area (Å²) in [5.41, 5.74) is -0.208. The molecular weight excluding hydrogens is 192 g/mol. The molecule has 2 fully saturated rings. The van der Waals surface area contributed by atoms with E-state index in [9.17, 15) is 9.59 Å². The molecule has 2 aliphatic rings. The Labute approximate surface area is 87.0 Å². The highest BCUT2D eigenvalue weighted by atomic mass is 16.5. The van der Waals surface area contributed by atoms with Crippen LogP contribution in [0.4, 0.5) is 0 Å². The first-order valence-electron chi connectivity index (χ1n) is 5.02. The first kappa shape index (κ1) is 8.65. The molecular formula is C12H10O3. The van der Waals surface area contributed by atoms with Gasteiger partial charge in [-0.15, -0.1) is 0 Å². The summed E-state index contributed by atoms with van der Waals surface area (Å²) in [6.45, 7) is 0.414. The molecule has 0 radical (unpaired) electrons. The molecule has 0 spiro atoms. The second kappa shape index (κ2) is 2.69. The Kier molecular flexibility index (Phi) is 1.55. The van der Waals surface area contributed by atoms with Crippen molar-refractivity contribution in [3.63, 3.8) is 0 Å². The Morgan fingerprint density at radius 2 is 2.07 bits per heavy atom. The van der Waals surface area contributed by atoms with Gasteiger partial charge in [-0.05, 0) is 6.42 Å². The number of Topliss-reactive ketones (excluding diaryl/α,β-unsaturated/α-hetero) is 1. The lowest BCUT2D eigenvalue weighted by Gasteiger charge is -2.07. The largest absolute Gasteiger partial charge is 0.465 e. The fourth-order valence-electron chi connectivity index (χ4n) is 2.30. The molecule has 15 heavy (non-hydrogen) atoms. The highest BCUT2D eigenvalue weighted by Gasteiger charge is 2.70. The van der Waals surface area contributed by atoms with Gasteiger partial charge in [-0.25, -0.2) is 0 Å². The van der Waals surface area contributed by atoms with Crippen LogP contribution in [0.5, 0.6) is 0 Å². The van der Waals surface area contributed by atoms with Gasteiger partial charge in [-0.1, -0.05) is 30.3 Å². The topological polar surface area (TPSA) is 43.4 Å². The summed E-state index contributed by atoms with van der Waals surface area (Å²) in [6, 6.07) is 8.96. The molecule has 0 bridgehead atoms. The van der Waals surface area contributed by atoms with E-state index in [0.717, 1.165) is 0 Å². The van der Waals surface area contributed by atoms with Crippen molar-refractivity contribution in [3.8, 4) is 0 Å². The Balaban J connectivity index is 1.97. The van der Waals surface area contributed by atoms with Gasteiger partial charge in [-0.3, -0.25) is 9.59 Å². The van der Waals surface area contributed by atoms with Gasteiger partial charge in [0.25, 0.3) is 0 Å². The zero-order valence-corrected chi connectivity index (χ0v) is 8.10. The van der Waals surface area contributed by atoms with E-state index in [1.54, 1.807) is 12.1 Å². The third kappa shape index (κ3) is 1.00. The summed E-state index contributed by atoms with van der Waals surface area (Å²) in [5.74, 6) is -0.283. The van der Waals surface area contributed by atoms with Crippen molar-refractivity contribution in [2.75, 3.05) is 6.61 Å². The van der Waals surface area contributed by atoms with Crippen molar-refractivity contribution in [1.29, 1.82) is 0 Å². The Morgan fingerprint density at radius 3 is 2.60 bits per heavy atom. The van der Waals surface area contributed by atoms with Crippen LogP contribution in [0, 0.1) is 11.3 Å². The van der Waals surface area contributed by atoms with E-state index in [2.05, 4.69) is 0 Å². The predicted octanol–water partition coefficient (Wildman–Crippen LogP) is 1.43. The van der Waals surface area contributed by atoms with E-state index in [1.165, 1.54) is 0 Å². The van der Waals surface area contributed by atoms with Gasteiger partial charge >= 0.3 is 5.97 Å². The minimum atomic E-state index is -0.818. The highest BCUT2D eigenvalue weighted by molar-refractivity contribution is 6.16. The van der Waals surface area contributed by atoms with Crippen LogP contribution in [0.15, 0.2) is 30.3 Å². The van der Waals surface area contributed by atoms with E-state index in [4.69, 9.17) is 4.74 Å². The summed E-state index contributed by atoms with van der Waals surface area (Å²) in [5, 5.41) is 0. The smallest absolute Gasteiger partial charge is 0.320 e. The first-order valence-corrected chi connectivity index (χ1v) is 5.02. The molecule has 0 aromatic heterocycles. The summed E-state index contributed by atoms with van der Waals surface area (Å²) in [4.78, 5) is 23.6. The molecule has 1 heterocycles. The first-order chi connectivity index (χ1) is 7.25. The summed E-state index contributed by atoms with van der Waals surface area (Å²) in [7, 11) is 0. The van der Waals surface area contributed by atoms with E-state index in [1.807, 2.05) is 18.2 Å². The van der Waals surface area contributed by atoms with Crippen LogP contribution < -0.4 is 0 Å². The molecule has 1 aromatic rings. The molecule has 3 heteroatoms. The van der Waals surface area contributed by atoms with Crippen LogP contribution in [0.2, 0.25) is 0 Å². The number of carbonyl (C=O) groups is 2. The average molecular weight is 202 g/mol. The number of rotatable bonds is 2. The van der Waals surface area contributed by atoms with Crippen molar-refractivity contribution < 1.29 is 14.3 Å². The minimum Gasteiger partial charge on any atom is -0.465 e. The van der Waals surface area contributed by atoms with Gasteiger partial charge in [0.2, 0.25) is 0 Å². The zero-order chi connectivity index (χ0) is 10.5. The quantitative estimate of drug-likeness (QED) is 0.414. The Hall–Kier alpha value is -1.64. The monoisotopic (exact) mass is 202 g/mol. The van der Waals surface area contributed by atoms with Crippen LogP contribution in [0.3, 0.4) is 0 Å². The third-order valence-corrected chi connectivity index (χ3v) is 3.33. The number of esters is 1. The van der Waals surface area contributed by atoms with Gasteiger partial charge in [-0.2, -0.15) is 0 Å². The third-order valence-electron chi connectivity index (χ3n) is 3.33. The van der Waals surface area contributed by atoms with Crippen LogP contribution in [0.25, 0.3) is 0 Å². The van der Waals surface area contributed by atoms with Crippen LogP contribution in [0.1, 0.15) is 16.8 Å². The van der Waals surface area contributed by atoms with Gasteiger partial charge in [0, 0.05) is 11.5 Å². The summed E-state index contributed by atoms with van der Waals surface area (Å²) in [6.07, 6.45) is 0.666. The number of hydrogen-bond acceptors (Lipinski definition) is 3. The SMILES string of the molecule is O=C1OC[C@H]2C[C@@]12C(=O)c1ccccc1. The van der Waals surface area contributed by atoms with Crippen molar-refractivity contribution in [3.05, 3.63) is 35.9 Å². The number of hydrogen-bond donors (Lipinski definition) is 0. The van der Waals surface area contributed by atoms with Crippen LogP contribution in [-0.2, 0) is 9.53 Å². The van der Waals surface area contributed by atoms with Gasteiger partial charge < -0.3 is 4.74 Å². The number of carbonyl (C=O) groups excluding carboxylic acids is 2. The zero-order valence-electron chi connectivity index (χ0n) is 8.10. The van der Waals surface area contributed by atoms with Gasteiger partial charge in [0.1, 0.15) is 5.41 Å². The number of benzene rings is 1. The van der Waals surface area contributed by atoms with Crippen molar-refractivity contribution in [2.45, 2.75) is 6.42 Å². The van der Waals surface area contributed by atoms with Crippen LogP contribution in [-0.4, -0.2) is 18.4 Å². The highest BCUT2D eigenvalue weighted by Crippen LogP contribution is 2.59. The molecule has 1 aromatic carbocycles. The minimum absolute atomic E-state index is 0.0735. The summed E-state index contributed by atoms with van der Waals surface area (Å²) < 4.78 is 4.90. The average Bonchev–Trinajstić information content (AvgIpc) is 2.94. The van der Waals surface area contributed by atoms with Crippen molar-refractivity contribution in [2.24, 2.45) is 11.3 Å². The van der Waals surface area contributed by atoms with E-state index in [-0.39, 0.29) is 17.7 Å². The lowest BCUT2D eigenvalue weighted by atomic mass is 9.94. The summed E-state index contributed by atoms with van der Waals surface area (Å²) >= 11 is 0. The van der Waals surface area contributed by atoms with Gasteiger partial charge in [0.05, 0.1) is 6.61 Å². The van der Waals surface area contributed by atoms with E-state index < -0.39 is 5.41 Å². The fraction of sp³-hybridized carbons (Fsp3) is 0.333. The molecule has 0 amide bonds. The maximum atomic E-state index is 12.1. The van der Waals surface area contributed by atoms with Gasteiger partial charge in [0.15, 0.2) is 5.78 Å². The molecule has 3 rings (SSSR count). The Morgan fingerprint density at radius 1 is 1.33 bits per heavy atom. The maximum absolute atomic E-state index is 12.1. The number of ketones is 1. The Bertz CT molecular complexity index is 437. The molecule has 2 atom stereocenters. The lowest BCUT2D eigenvalue weighted by molar-refractivity contribution is -0.143. The van der Waals surface area contributed by atoms with E-state index >= 15 is 0 Å². The molecule has 1 aliphatic carbocycles. The molecule has 76 valence electrons. The normalized spacial score (nSPS) is 32.0. The number of cyclic esters (lactones) is 1. The molecule has 0 unspecified atom stereocenters. The molecule has 1 aliphatic heterocycles. The number of ether oxygens (including phenoxy) is 1. The van der Waals surface area contributed by atoms with Crippen molar-refractivity contribution >= 4 is 11.8 Å². The van der Waals surface area contributed by atoms with Crippen molar-refractivity contribution in [1.82, 2.24) is 0 Å². The standard InChI is InChI=1S/C12H10O3/c13-10(8-4-2-1-3-5-8)12-6-9(12)7-15-11(12)14/h1-5,9H,6-7H2/t9-,12-/m1/s1. The van der Waals surface area contributed by atoms with Crippen LogP contribution >= 0.6 is 0 Å². The lowest BCUT2D eigenvalue weighted by Crippen LogP contribution is -2.24. The molecule has 3 nitrogen and oxygen atoms in total. The second-order valence-electron chi connectivity index (χ2n) is 4.17. The molecule has 1 saturated heterocycles. The maximum Gasteiger partial charge on any atom is 0.320 e. The molecule has 1 saturated carbocycles. The molecule has 0 N–H and O–H groups in total.